The molecule has 0 aliphatic heterocycles. The maximum absolute atomic E-state index is 12.2. The van der Waals surface area contributed by atoms with E-state index in [1.54, 1.807) is 11.3 Å². The molecule has 1 atom stereocenters. The van der Waals surface area contributed by atoms with Crippen LogP contribution in [0.2, 0.25) is 0 Å². The maximum Gasteiger partial charge on any atom is 0.172 e. The van der Waals surface area contributed by atoms with Crippen LogP contribution in [0.25, 0.3) is 0 Å². The summed E-state index contributed by atoms with van der Waals surface area (Å²) in [4.78, 5) is 13.4. The van der Waals surface area contributed by atoms with Gasteiger partial charge in [-0.3, -0.25) is 4.79 Å². The van der Waals surface area contributed by atoms with E-state index in [0.717, 1.165) is 29.4 Å². The number of thiophene rings is 1. The van der Waals surface area contributed by atoms with Crippen molar-refractivity contribution in [3.63, 3.8) is 0 Å². The van der Waals surface area contributed by atoms with Crippen molar-refractivity contribution in [2.75, 3.05) is 27.7 Å². The van der Waals surface area contributed by atoms with Gasteiger partial charge in [-0.1, -0.05) is 0 Å². The van der Waals surface area contributed by atoms with Crippen molar-refractivity contribution in [1.82, 2.24) is 0 Å². The summed E-state index contributed by atoms with van der Waals surface area (Å²) in [6.45, 7) is 0.952. The highest BCUT2D eigenvalue weighted by atomic mass is 32.1. The molecule has 82 valence electrons. The molecule has 1 aromatic heterocycles. The number of hydrogen-bond donors (Lipinski definition) is 0. The Hall–Kier alpha value is -0.670. The van der Waals surface area contributed by atoms with Crippen LogP contribution in [0.15, 0.2) is 11.4 Å². The van der Waals surface area contributed by atoms with Gasteiger partial charge in [0.2, 0.25) is 0 Å². The molecule has 0 amide bonds. The Morgan fingerprint density at radius 3 is 2.87 bits per heavy atom. The number of Topliss-reactive ketones (excluding diaryl/α,β-unsaturated/α-hetero) is 1. The van der Waals surface area contributed by atoms with Crippen LogP contribution in [0, 0.1) is 5.92 Å². The zero-order valence-corrected chi connectivity index (χ0v) is 10.4. The topological polar surface area (TPSA) is 17.1 Å². The highest BCUT2D eigenvalue weighted by Gasteiger charge is 2.31. The molecular weight excluding hydrogens is 206 g/mol. The summed E-state index contributed by atoms with van der Waals surface area (Å²) < 4.78 is 0.871. The largest absolute Gasteiger partial charge is 0.330 e. The molecular formula is C12H18NOS+. The van der Waals surface area contributed by atoms with Gasteiger partial charge in [0.1, 0.15) is 0 Å². The minimum atomic E-state index is 0.229. The van der Waals surface area contributed by atoms with Gasteiger partial charge in [0.15, 0.2) is 5.78 Å². The zero-order valence-electron chi connectivity index (χ0n) is 9.62. The zero-order chi connectivity index (χ0) is 11.1. The molecule has 0 N–H and O–H groups in total. The van der Waals surface area contributed by atoms with Gasteiger partial charge in [0.25, 0.3) is 0 Å². The van der Waals surface area contributed by atoms with Gasteiger partial charge in [0.05, 0.1) is 33.6 Å². The Balaban J connectivity index is 2.17. The molecule has 1 aliphatic rings. The lowest BCUT2D eigenvalue weighted by Crippen LogP contribution is -2.42. The molecule has 1 aliphatic carbocycles. The van der Waals surface area contributed by atoms with Gasteiger partial charge in [-0.2, -0.15) is 0 Å². The predicted molar refractivity (Wildman–Crippen MR) is 63.4 cm³/mol. The lowest BCUT2D eigenvalue weighted by molar-refractivity contribution is -0.872. The first kappa shape index (κ1) is 10.8. The second-order valence-corrected chi connectivity index (χ2v) is 6.33. The maximum atomic E-state index is 12.2. The molecule has 15 heavy (non-hydrogen) atoms. The summed E-state index contributed by atoms with van der Waals surface area (Å²) in [6, 6.07) is 1.99. The number of fused-ring (bicyclic) bond motifs is 1. The molecule has 1 heterocycles. The molecule has 1 aromatic rings. The highest BCUT2D eigenvalue weighted by Crippen LogP contribution is 2.30. The lowest BCUT2D eigenvalue weighted by Gasteiger charge is -2.30. The van der Waals surface area contributed by atoms with Crippen molar-refractivity contribution in [3.05, 3.63) is 21.9 Å². The molecule has 0 radical (unpaired) electrons. The van der Waals surface area contributed by atoms with Crippen molar-refractivity contribution in [3.8, 4) is 0 Å². The smallest absolute Gasteiger partial charge is 0.172 e. The monoisotopic (exact) mass is 224 g/mol. The minimum Gasteiger partial charge on any atom is -0.330 e. The van der Waals surface area contributed by atoms with Crippen molar-refractivity contribution >= 4 is 17.1 Å². The second-order valence-electron chi connectivity index (χ2n) is 5.33. The summed E-state index contributed by atoms with van der Waals surface area (Å²) in [6.07, 6.45) is 2.12. The Morgan fingerprint density at radius 2 is 2.20 bits per heavy atom. The lowest BCUT2D eigenvalue weighted by atomic mass is 9.86. The Kier molecular flexibility index (Phi) is 2.69. The molecule has 0 saturated heterocycles. The van der Waals surface area contributed by atoms with Gasteiger partial charge in [-0.25, -0.2) is 0 Å². The van der Waals surface area contributed by atoms with Crippen LogP contribution >= 0.6 is 11.3 Å². The molecule has 1 unspecified atom stereocenters. The fraction of sp³-hybridized carbons (Fsp3) is 0.583. The molecule has 2 nitrogen and oxygen atoms in total. The number of aryl methyl sites for hydroxylation is 1. The van der Waals surface area contributed by atoms with Crippen LogP contribution in [-0.4, -0.2) is 38.0 Å². The van der Waals surface area contributed by atoms with E-state index in [1.807, 2.05) is 11.4 Å². The van der Waals surface area contributed by atoms with Gasteiger partial charge in [-0.05, 0) is 24.3 Å². The van der Waals surface area contributed by atoms with Crippen molar-refractivity contribution in [2.24, 2.45) is 5.92 Å². The first-order valence-corrected chi connectivity index (χ1v) is 6.26. The number of carbonyl (C=O) groups is 1. The van der Waals surface area contributed by atoms with Gasteiger partial charge >= 0.3 is 0 Å². The summed E-state index contributed by atoms with van der Waals surface area (Å²) in [7, 11) is 6.45. The Labute approximate surface area is 95.1 Å². The first-order chi connectivity index (χ1) is 6.97. The Morgan fingerprint density at radius 1 is 1.47 bits per heavy atom. The molecule has 0 fully saturated rings. The van der Waals surface area contributed by atoms with Crippen molar-refractivity contribution < 1.29 is 9.28 Å². The Bertz CT molecular complexity index is 375. The highest BCUT2D eigenvalue weighted by molar-refractivity contribution is 7.10. The van der Waals surface area contributed by atoms with E-state index in [-0.39, 0.29) is 5.92 Å². The van der Waals surface area contributed by atoms with E-state index in [4.69, 9.17) is 0 Å². The normalized spacial score (nSPS) is 21.5. The summed E-state index contributed by atoms with van der Waals surface area (Å²) in [5.41, 5.74) is 0.990. The number of nitrogens with zero attached hydrogens (tertiary/aromatic N) is 1. The van der Waals surface area contributed by atoms with E-state index >= 15 is 0 Å². The van der Waals surface area contributed by atoms with Crippen LogP contribution in [0.5, 0.6) is 0 Å². The van der Waals surface area contributed by atoms with Gasteiger partial charge in [0, 0.05) is 10.4 Å². The quantitative estimate of drug-likeness (QED) is 0.704. The molecule has 0 saturated carbocycles. The van der Waals surface area contributed by atoms with Gasteiger partial charge < -0.3 is 4.48 Å². The number of quaternary nitrogens is 1. The van der Waals surface area contributed by atoms with Crippen LogP contribution in [0.3, 0.4) is 0 Å². The second kappa shape index (κ2) is 3.72. The number of ketones is 1. The van der Waals surface area contributed by atoms with Crippen LogP contribution in [0.4, 0.5) is 0 Å². The number of carbonyl (C=O) groups excluding carboxylic acids is 1. The van der Waals surface area contributed by atoms with E-state index < -0.39 is 0 Å². The molecule has 0 spiro atoms. The van der Waals surface area contributed by atoms with E-state index in [0.29, 0.717) is 5.78 Å². The summed E-state index contributed by atoms with van der Waals surface area (Å²) in [5.74, 6) is 0.595. The first-order valence-electron chi connectivity index (χ1n) is 5.38. The van der Waals surface area contributed by atoms with Crippen molar-refractivity contribution in [1.29, 1.82) is 0 Å². The fourth-order valence-electron chi connectivity index (χ4n) is 2.25. The minimum absolute atomic E-state index is 0.229. The average Bonchev–Trinajstić information content (AvgIpc) is 2.56. The van der Waals surface area contributed by atoms with Crippen LogP contribution in [-0.2, 0) is 6.42 Å². The third-order valence-corrected chi connectivity index (χ3v) is 3.85. The molecule has 0 bridgehead atoms. The average molecular weight is 224 g/mol. The van der Waals surface area contributed by atoms with E-state index in [2.05, 4.69) is 21.1 Å². The molecule has 3 heteroatoms. The van der Waals surface area contributed by atoms with E-state index in [9.17, 15) is 4.79 Å². The molecule has 0 aromatic carbocycles. The van der Waals surface area contributed by atoms with Crippen LogP contribution in [0.1, 0.15) is 21.7 Å². The molecule has 2 rings (SSSR count). The number of rotatable bonds is 2. The standard InChI is InChI=1S/C12H18NOS/c1-13(2,3)8-9-4-5-11-10(12(9)14)6-7-15-11/h6-7,9H,4-5,8H2,1-3H3/q+1. The van der Waals surface area contributed by atoms with Gasteiger partial charge in [-0.15, -0.1) is 11.3 Å². The predicted octanol–water partition coefficient (Wildman–Crippen LogP) is 2.20. The third-order valence-electron chi connectivity index (χ3n) is 2.87. The summed E-state index contributed by atoms with van der Waals surface area (Å²) >= 11 is 1.72. The fourth-order valence-corrected chi connectivity index (χ4v) is 3.15. The van der Waals surface area contributed by atoms with Crippen LogP contribution < -0.4 is 0 Å². The third kappa shape index (κ3) is 2.29. The summed E-state index contributed by atoms with van der Waals surface area (Å²) in [5, 5.41) is 2.04. The SMILES string of the molecule is C[N+](C)(C)CC1CCc2sccc2C1=O. The number of hydrogen-bond acceptors (Lipinski definition) is 2. The van der Waals surface area contributed by atoms with E-state index in [1.165, 1.54) is 4.88 Å². The van der Waals surface area contributed by atoms with Crippen molar-refractivity contribution in [2.45, 2.75) is 12.8 Å².